The Hall–Kier alpha value is -1.08. The number of rotatable bonds is 8. The number of nitrogens with one attached hydrogen (secondary N) is 1. The molecule has 98 valence electrons. The molecule has 0 saturated heterocycles. The quantitative estimate of drug-likeness (QED) is 0.660. The summed E-state index contributed by atoms with van der Waals surface area (Å²) in [5.41, 5.74) is 0. The van der Waals surface area contributed by atoms with Gasteiger partial charge in [-0.1, -0.05) is 27.7 Å². The Balaban J connectivity index is 3.61. The highest BCUT2D eigenvalue weighted by Crippen LogP contribution is 2.09. The van der Waals surface area contributed by atoms with E-state index in [0.29, 0.717) is 19.1 Å². The van der Waals surface area contributed by atoms with Crippen LogP contribution >= 0.6 is 0 Å². The number of ether oxygens (including phenoxy) is 1. The Morgan fingerprint density at radius 3 is 2.47 bits per heavy atom. The largest absolute Gasteiger partial charge is 0.381 e. The minimum Gasteiger partial charge on any atom is -0.381 e. The first-order valence-corrected chi connectivity index (χ1v) is 6.24. The average Bonchev–Trinajstić information content (AvgIpc) is 2.23. The number of nitrogens with zero attached hydrogens (tertiary/aromatic N) is 1. The summed E-state index contributed by atoms with van der Waals surface area (Å²) in [5.74, 6) is -0.136. The zero-order valence-electron chi connectivity index (χ0n) is 11.3. The summed E-state index contributed by atoms with van der Waals surface area (Å²) < 4.78 is 5.39. The third kappa shape index (κ3) is 7.76. The van der Waals surface area contributed by atoms with Gasteiger partial charge in [-0.2, -0.15) is 5.26 Å². The Morgan fingerprint density at radius 2 is 2.00 bits per heavy atom. The summed E-state index contributed by atoms with van der Waals surface area (Å²) in [5, 5.41) is 11.6. The van der Waals surface area contributed by atoms with Crippen molar-refractivity contribution in [3.63, 3.8) is 0 Å². The van der Waals surface area contributed by atoms with Crippen LogP contribution in [0.1, 0.15) is 34.1 Å². The smallest absolute Gasteiger partial charge is 0.237 e. The van der Waals surface area contributed by atoms with Gasteiger partial charge < -0.3 is 10.1 Å². The number of nitriles is 1. The normalized spacial score (nSPS) is 12.5. The highest BCUT2D eigenvalue weighted by atomic mass is 16.5. The van der Waals surface area contributed by atoms with Crippen molar-refractivity contribution in [2.75, 3.05) is 19.8 Å². The molecule has 0 aliphatic carbocycles. The molecule has 1 unspecified atom stereocenters. The highest BCUT2D eigenvalue weighted by Gasteiger charge is 2.20. The summed E-state index contributed by atoms with van der Waals surface area (Å²) in [6.07, 6.45) is 0.786. The third-order valence-electron chi connectivity index (χ3n) is 2.30. The molecule has 0 aromatic heterocycles. The minimum absolute atomic E-state index is 0.0530. The van der Waals surface area contributed by atoms with E-state index in [-0.39, 0.29) is 11.8 Å². The third-order valence-corrected chi connectivity index (χ3v) is 2.30. The zero-order chi connectivity index (χ0) is 13.3. The maximum Gasteiger partial charge on any atom is 0.237 e. The van der Waals surface area contributed by atoms with E-state index < -0.39 is 5.92 Å². The lowest BCUT2D eigenvalue weighted by Gasteiger charge is -2.13. The van der Waals surface area contributed by atoms with E-state index in [2.05, 4.69) is 19.2 Å². The van der Waals surface area contributed by atoms with Gasteiger partial charge in [-0.05, 0) is 18.3 Å². The van der Waals surface area contributed by atoms with Crippen molar-refractivity contribution in [1.29, 1.82) is 5.26 Å². The number of amides is 1. The standard InChI is InChI=1S/C13H24N2O2/c1-10(2)9-17-7-5-6-15-13(16)12(8-14)11(3)4/h10-12H,5-7,9H2,1-4H3,(H,15,16). The molecule has 0 bridgehead atoms. The average molecular weight is 240 g/mol. The fraction of sp³-hybridized carbons (Fsp3) is 0.846. The molecule has 0 aliphatic rings. The monoisotopic (exact) mass is 240 g/mol. The molecule has 0 aromatic carbocycles. The van der Waals surface area contributed by atoms with Crippen LogP contribution in [0.3, 0.4) is 0 Å². The van der Waals surface area contributed by atoms with Crippen LogP contribution in [-0.4, -0.2) is 25.7 Å². The van der Waals surface area contributed by atoms with Crippen molar-refractivity contribution >= 4 is 5.91 Å². The van der Waals surface area contributed by atoms with E-state index in [4.69, 9.17) is 10.00 Å². The van der Waals surface area contributed by atoms with Crippen LogP contribution in [0.15, 0.2) is 0 Å². The second-order valence-corrected chi connectivity index (χ2v) is 4.96. The van der Waals surface area contributed by atoms with Crippen molar-refractivity contribution in [1.82, 2.24) is 5.32 Å². The summed E-state index contributed by atoms with van der Waals surface area (Å²) in [6.45, 7) is 9.92. The van der Waals surface area contributed by atoms with E-state index in [9.17, 15) is 4.79 Å². The Labute approximate surface area is 104 Å². The maximum absolute atomic E-state index is 11.6. The van der Waals surface area contributed by atoms with Crippen LogP contribution in [0.25, 0.3) is 0 Å². The van der Waals surface area contributed by atoms with Gasteiger partial charge in [0.25, 0.3) is 0 Å². The summed E-state index contributed by atoms with van der Waals surface area (Å²) in [4.78, 5) is 11.6. The molecular weight excluding hydrogens is 216 g/mol. The molecule has 17 heavy (non-hydrogen) atoms. The van der Waals surface area contributed by atoms with E-state index in [0.717, 1.165) is 13.0 Å². The fourth-order valence-corrected chi connectivity index (χ4v) is 1.33. The predicted octanol–water partition coefficient (Wildman–Crippen LogP) is 1.96. The molecule has 0 heterocycles. The van der Waals surface area contributed by atoms with Gasteiger partial charge in [-0.15, -0.1) is 0 Å². The van der Waals surface area contributed by atoms with Crippen LogP contribution in [0.2, 0.25) is 0 Å². The molecule has 4 heteroatoms. The van der Waals surface area contributed by atoms with Gasteiger partial charge in [0.1, 0.15) is 5.92 Å². The molecule has 0 radical (unpaired) electrons. The van der Waals surface area contributed by atoms with Crippen molar-refractivity contribution in [2.45, 2.75) is 34.1 Å². The van der Waals surface area contributed by atoms with Crippen molar-refractivity contribution in [2.24, 2.45) is 17.8 Å². The first kappa shape index (κ1) is 15.9. The first-order valence-electron chi connectivity index (χ1n) is 6.24. The molecule has 0 fully saturated rings. The predicted molar refractivity (Wildman–Crippen MR) is 67.2 cm³/mol. The molecule has 1 amide bonds. The lowest BCUT2D eigenvalue weighted by Crippen LogP contribution is -2.33. The minimum atomic E-state index is -0.549. The van der Waals surface area contributed by atoms with Crippen molar-refractivity contribution in [3.8, 4) is 6.07 Å². The second kappa shape index (κ2) is 9.00. The molecule has 0 saturated carbocycles. The first-order chi connectivity index (χ1) is 7.99. The Kier molecular flexibility index (Phi) is 8.43. The summed E-state index contributed by atoms with van der Waals surface area (Å²) >= 11 is 0. The van der Waals surface area contributed by atoms with Gasteiger partial charge in [0, 0.05) is 19.8 Å². The van der Waals surface area contributed by atoms with Crippen LogP contribution < -0.4 is 5.32 Å². The SMILES string of the molecule is CC(C)COCCCNC(=O)C(C#N)C(C)C. The highest BCUT2D eigenvalue weighted by molar-refractivity contribution is 5.81. The van der Waals surface area contributed by atoms with Gasteiger partial charge in [0.15, 0.2) is 0 Å². The van der Waals surface area contributed by atoms with E-state index in [1.54, 1.807) is 0 Å². The lowest BCUT2D eigenvalue weighted by atomic mass is 9.97. The van der Waals surface area contributed by atoms with E-state index in [1.807, 2.05) is 19.9 Å². The number of carbonyl (C=O) groups excluding carboxylic acids is 1. The molecule has 1 N–H and O–H groups in total. The van der Waals surface area contributed by atoms with Crippen LogP contribution in [0.5, 0.6) is 0 Å². The van der Waals surface area contributed by atoms with Gasteiger partial charge in [-0.25, -0.2) is 0 Å². The van der Waals surface area contributed by atoms with Crippen LogP contribution in [0.4, 0.5) is 0 Å². The molecule has 4 nitrogen and oxygen atoms in total. The Bertz CT molecular complexity index is 257. The van der Waals surface area contributed by atoms with Crippen molar-refractivity contribution in [3.05, 3.63) is 0 Å². The molecular formula is C13H24N2O2. The topological polar surface area (TPSA) is 62.1 Å². The Morgan fingerprint density at radius 1 is 1.35 bits per heavy atom. The van der Waals surface area contributed by atoms with Crippen LogP contribution in [0, 0.1) is 29.1 Å². The van der Waals surface area contributed by atoms with Gasteiger partial charge in [0.05, 0.1) is 6.07 Å². The van der Waals surface area contributed by atoms with Crippen molar-refractivity contribution < 1.29 is 9.53 Å². The van der Waals surface area contributed by atoms with Gasteiger partial charge in [0.2, 0.25) is 5.91 Å². The van der Waals surface area contributed by atoms with E-state index >= 15 is 0 Å². The molecule has 0 spiro atoms. The summed E-state index contributed by atoms with van der Waals surface area (Å²) in [7, 11) is 0. The van der Waals surface area contributed by atoms with Gasteiger partial charge >= 0.3 is 0 Å². The van der Waals surface area contributed by atoms with E-state index in [1.165, 1.54) is 0 Å². The molecule has 0 aromatic rings. The molecule has 0 rings (SSSR count). The number of hydrogen-bond donors (Lipinski definition) is 1. The number of hydrogen-bond acceptors (Lipinski definition) is 3. The van der Waals surface area contributed by atoms with Crippen LogP contribution in [-0.2, 0) is 9.53 Å². The molecule has 0 aliphatic heterocycles. The number of carbonyl (C=O) groups is 1. The molecule has 1 atom stereocenters. The second-order valence-electron chi connectivity index (χ2n) is 4.96. The summed E-state index contributed by atoms with van der Waals surface area (Å²) in [6, 6.07) is 2.02. The fourth-order valence-electron chi connectivity index (χ4n) is 1.33. The lowest BCUT2D eigenvalue weighted by molar-refractivity contribution is -0.124. The van der Waals surface area contributed by atoms with Gasteiger partial charge in [-0.3, -0.25) is 4.79 Å². The maximum atomic E-state index is 11.6. The zero-order valence-corrected chi connectivity index (χ0v) is 11.3.